The van der Waals surface area contributed by atoms with Crippen LogP contribution in [-0.4, -0.2) is 0 Å². The van der Waals surface area contributed by atoms with E-state index in [1.54, 1.807) is 0 Å². The van der Waals surface area contributed by atoms with Crippen LogP contribution in [0.4, 0.5) is 0 Å². The Kier molecular flexibility index (Phi) is 4.54. The maximum absolute atomic E-state index is 4.33. The van der Waals surface area contributed by atoms with Gasteiger partial charge in [0.25, 0.3) is 0 Å². The monoisotopic (exact) mass is 204 g/mol. The highest BCUT2D eigenvalue weighted by molar-refractivity contribution is 7.90. The Morgan fingerprint density at radius 2 is 2.07 bits per heavy atom. The molecule has 0 saturated heterocycles. The van der Waals surface area contributed by atoms with Gasteiger partial charge in [-0.2, -0.15) is 0 Å². The first-order valence-electron chi connectivity index (χ1n) is 4.88. The lowest BCUT2D eigenvalue weighted by atomic mass is 10.1. The average Bonchev–Trinajstić information content (AvgIpc) is 2.62. The van der Waals surface area contributed by atoms with Gasteiger partial charge >= 0.3 is 0 Å². The van der Waals surface area contributed by atoms with Gasteiger partial charge in [0, 0.05) is 4.91 Å². The zero-order valence-corrected chi connectivity index (χ0v) is 9.43. The molecule has 2 rings (SSSR count). The lowest BCUT2D eigenvalue weighted by Gasteiger charge is -1.96. The van der Waals surface area contributed by atoms with Crippen molar-refractivity contribution in [2.24, 2.45) is 0 Å². The summed E-state index contributed by atoms with van der Waals surface area (Å²) in [7, 11) is 0. The summed E-state index contributed by atoms with van der Waals surface area (Å²) in [4.78, 5) is 1.12. The predicted octanol–water partition coefficient (Wildman–Crippen LogP) is 4.10. The molecule has 0 N–H and O–H groups in total. The van der Waals surface area contributed by atoms with Gasteiger partial charge in [0.2, 0.25) is 0 Å². The van der Waals surface area contributed by atoms with Gasteiger partial charge in [-0.1, -0.05) is 43.3 Å². The minimum atomic E-state index is 1.05. The molecule has 1 aromatic rings. The van der Waals surface area contributed by atoms with Crippen molar-refractivity contribution in [2.75, 3.05) is 0 Å². The van der Waals surface area contributed by atoms with Crippen LogP contribution < -0.4 is 0 Å². The van der Waals surface area contributed by atoms with Crippen molar-refractivity contribution in [1.82, 2.24) is 0 Å². The Morgan fingerprint density at radius 1 is 1.43 bits per heavy atom. The molecule has 0 atom stereocenters. The van der Waals surface area contributed by atoms with Gasteiger partial charge in [0.05, 0.1) is 0 Å². The van der Waals surface area contributed by atoms with E-state index in [2.05, 4.69) is 50.4 Å². The zero-order chi connectivity index (χ0) is 10.4. The molecule has 0 nitrogen and oxygen atoms in total. The van der Waals surface area contributed by atoms with E-state index in [9.17, 15) is 0 Å². The van der Waals surface area contributed by atoms with E-state index in [0.717, 1.165) is 17.7 Å². The van der Waals surface area contributed by atoms with E-state index in [-0.39, 0.29) is 0 Å². The van der Waals surface area contributed by atoms with Crippen LogP contribution in [0.2, 0.25) is 0 Å². The SMILES string of the molecule is C=CCC.SC1=CCc2ccccc21. The third-order valence-corrected chi connectivity index (χ3v) is 2.52. The average molecular weight is 204 g/mol. The second kappa shape index (κ2) is 5.71. The van der Waals surface area contributed by atoms with Crippen molar-refractivity contribution in [3.63, 3.8) is 0 Å². The number of fused-ring (bicyclic) bond motifs is 1. The summed E-state index contributed by atoms with van der Waals surface area (Å²) in [5.74, 6) is 0. The van der Waals surface area contributed by atoms with Crippen molar-refractivity contribution < 1.29 is 0 Å². The molecule has 0 radical (unpaired) electrons. The quantitative estimate of drug-likeness (QED) is 0.517. The summed E-state index contributed by atoms with van der Waals surface area (Å²) in [5, 5.41) is 0. The van der Waals surface area contributed by atoms with E-state index in [1.165, 1.54) is 11.1 Å². The van der Waals surface area contributed by atoms with Crippen molar-refractivity contribution in [1.29, 1.82) is 0 Å². The molecule has 0 aliphatic heterocycles. The fourth-order valence-corrected chi connectivity index (χ4v) is 1.57. The minimum absolute atomic E-state index is 1.05. The number of hydrogen-bond acceptors (Lipinski definition) is 1. The van der Waals surface area contributed by atoms with Gasteiger partial charge in [-0.05, 0) is 24.0 Å². The summed E-state index contributed by atoms with van der Waals surface area (Å²) in [6.07, 6.45) is 6.16. The Hall–Kier alpha value is -0.950. The van der Waals surface area contributed by atoms with Crippen molar-refractivity contribution >= 4 is 17.5 Å². The van der Waals surface area contributed by atoms with Crippen molar-refractivity contribution in [3.05, 3.63) is 54.1 Å². The van der Waals surface area contributed by atoms with Gasteiger partial charge < -0.3 is 0 Å². The molecular weight excluding hydrogens is 188 g/mol. The topological polar surface area (TPSA) is 0 Å². The number of thiol groups is 1. The van der Waals surface area contributed by atoms with Crippen LogP contribution in [0.3, 0.4) is 0 Å². The molecule has 0 amide bonds. The van der Waals surface area contributed by atoms with Crippen LogP contribution in [-0.2, 0) is 6.42 Å². The van der Waals surface area contributed by atoms with Crippen LogP contribution >= 0.6 is 12.6 Å². The Morgan fingerprint density at radius 3 is 2.64 bits per heavy atom. The molecule has 0 bridgehead atoms. The van der Waals surface area contributed by atoms with E-state index < -0.39 is 0 Å². The van der Waals surface area contributed by atoms with E-state index >= 15 is 0 Å². The second-order valence-electron chi connectivity index (χ2n) is 3.15. The van der Waals surface area contributed by atoms with Crippen LogP contribution in [0.15, 0.2) is 43.0 Å². The van der Waals surface area contributed by atoms with E-state index in [1.807, 2.05) is 12.1 Å². The summed E-state index contributed by atoms with van der Waals surface area (Å²) < 4.78 is 0. The predicted molar refractivity (Wildman–Crippen MR) is 67.6 cm³/mol. The van der Waals surface area contributed by atoms with Crippen molar-refractivity contribution in [2.45, 2.75) is 19.8 Å². The van der Waals surface area contributed by atoms with Crippen LogP contribution in [0.5, 0.6) is 0 Å². The summed E-state index contributed by atoms with van der Waals surface area (Å²) in [6, 6.07) is 8.38. The third-order valence-electron chi connectivity index (χ3n) is 2.10. The smallest absolute Gasteiger partial charge is 0.00788 e. The highest BCUT2D eigenvalue weighted by Crippen LogP contribution is 2.28. The molecule has 1 aliphatic rings. The fourth-order valence-electron chi connectivity index (χ4n) is 1.26. The summed E-state index contributed by atoms with van der Waals surface area (Å²) in [5.41, 5.74) is 2.69. The maximum atomic E-state index is 4.33. The molecule has 1 aromatic carbocycles. The molecule has 0 spiro atoms. The molecule has 74 valence electrons. The molecule has 0 fully saturated rings. The van der Waals surface area contributed by atoms with Gasteiger partial charge in [-0.3, -0.25) is 0 Å². The molecule has 0 saturated carbocycles. The minimum Gasteiger partial charge on any atom is -0.143 e. The molecule has 0 heterocycles. The Balaban J connectivity index is 0.000000213. The lowest BCUT2D eigenvalue weighted by Crippen LogP contribution is -1.78. The zero-order valence-electron chi connectivity index (χ0n) is 8.53. The highest BCUT2D eigenvalue weighted by Gasteiger charge is 2.08. The number of rotatable bonds is 1. The first kappa shape index (κ1) is 11.1. The second-order valence-corrected chi connectivity index (χ2v) is 3.63. The number of benzene rings is 1. The lowest BCUT2D eigenvalue weighted by molar-refractivity contribution is 1.23. The van der Waals surface area contributed by atoms with E-state index in [4.69, 9.17) is 0 Å². The Labute approximate surface area is 91.8 Å². The van der Waals surface area contributed by atoms with Gasteiger partial charge in [-0.15, -0.1) is 19.2 Å². The van der Waals surface area contributed by atoms with Gasteiger partial charge in [-0.25, -0.2) is 0 Å². The maximum Gasteiger partial charge on any atom is 0.00788 e. The Bertz CT molecular complexity index is 337. The number of allylic oxidation sites excluding steroid dienone is 2. The summed E-state index contributed by atoms with van der Waals surface area (Å²) >= 11 is 4.33. The summed E-state index contributed by atoms with van der Waals surface area (Å²) in [6.45, 7) is 5.54. The standard InChI is InChI=1S/C9H8S.C4H8/c10-9-6-5-7-3-1-2-4-8(7)9;1-3-4-2/h1-4,6,10H,5H2;3H,1,4H2,2H3. The van der Waals surface area contributed by atoms with Gasteiger partial charge in [0.1, 0.15) is 0 Å². The molecule has 0 unspecified atom stereocenters. The fraction of sp³-hybridized carbons (Fsp3) is 0.231. The first-order chi connectivity index (χ1) is 6.79. The van der Waals surface area contributed by atoms with Crippen molar-refractivity contribution in [3.8, 4) is 0 Å². The molecule has 1 aliphatic carbocycles. The van der Waals surface area contributed by atoms with E-state index in [0.29, 0.717) is 0 Å². The largest absolute Gasteiger partial charge is 0.143 e. The molecule has 1 heteroatoms. The normalized spacial score (nSPS) is 12.3. The van der Waals surface area contributed by atoms with Crippen LogP contribution in [0.25, 0.3) is 4.91 Å². The van der Waals surface area contributed by atoms with Gasteiger partial charge in [0.15, 0.2) is 0 Å². The van der Waals surface area contributed by atoms with Crippen LogP contribution in [0, 0.1) is 0 Å². The molecular formula is C13H16S. The van der Waals surface area contributed by atoms with Crippen LogP contribution in [0.1, 0.15) is 24.5 Å². The molecule has 0 aromatic heterocycles. The first-order valence-corrected chi connectivity index (χ1v) is 5.32. The highest BCUT2D eigenvalue weighted by atomic mass is 32.1. The number of hydrogen-bond donors (Lipinski definition) is 1. The third kappa shape index (κ3) is 2.78. The molecule has 14 heavy (non-hydrogen) atoms.